The van der Waals surface area contributed by atoms with Crippen LogP contribution < -0.4 is 4.72 Å². The number of morpholine rings is 1. The van der Waals surface area contributed by atoms with Gasteiger partial charge < -0.3 is 9.84 Å². The lowest BCUT2D eigenvalue weighted by atomic mass is 9.92. The summed E-state index contributed by atoms with van der Waals surface area (Å²) < 4.78 is 74.9. The Hall–Kier alpha value is -1.73. The van der Waals surface area contributed by atoms with Crippen LogP contribution >= 0.6 is 11.3 Å². The maximum atomic E-state index is 13.8. The van der Waals surface area contributed by atoms with Gasteiger partial charge in [0.05, 0.1) is 35.0 Å². The molecular weight excluding hydrogens is 539 g/mol. The molecule has 3 rings (SSSR count). The van der Waals surface area contributed by atoms with Crippen LogP contribution in [0.5, 0.6) is 0 Å². The standard InChI is InChI=1S/C24H34F3N3O4S2.C2H6/c1-3-23(31,4-2)16-19-17-35-22(28-19)29-36(32,33)21-9-8-18(15-20(21)24(25,26)27)7-5-6-10-30-11-13-34-14-12-30;1-2/h8-9,15,17,31H,3-7,10-14,16H2,1-2H3,(H,28,29);1-2H3. The first-order valence-corrected chi connectivity index (χ1v) is 15.5. The number of aryl methyl sites for hydroxylation is 1. The largest absolute Gasteiger partial charge is 0.417 e. The number of hydrogen-bond acceptors (Lipinski definition) is 7. The fourth-order valence-electron chi connectivity index (χ4n) is 4.12. The van der Waals surface area contributed by atoms with E-state index in [1.54, 1.807) is 5.38 Å². The summed E-state index contributed by atoms with van der Waals surface area (Å²) in [7, 11) is -4.53. The first kappa shape index (κ1) is 32.5. The van der Waals surface area contributed by atoms with Crippen LogP contribution in [0, 0.1) is 0 Å². The summed E-state index contributed by atoms with van der Waals surface area (Å²) in [6.45, 7) is 11.6. The van der Waals surface area contributed by atoms with Crippen molar-refractivity contribution in [2.75, 3.05) is 37.6 Å². The number of rotatable bonds is 12. The molecule has 0 radical (unpaired) electrons. The van der Waals surface area contributed by atoms with E-state index in [9.17, 15) is 26.7 Å². The summed E-state index contributed by atoms with van der Waals surface area (Å²) in [5, 5.41) is 12.0. The number of nitrogens with zero attached hydrogens (tertiary/aromatic N) is 2. The van der Waals surface area contributed by atoms with Crippen molar-refractivity contribution in [3.8, 4) is 0 Å². The van der Waals surface area contributed by atoms with Gasteiger partial charge in [0.1, 0.15) is 0 Å². The van der Waals surface area contributed by atoms with E-state index in [4.69, 9.17) is 4.74 Å². The normalized spacial score (nSPS) is 15.2. The molecule has 0 aliphatic carbocycles. The zero-order valence-electron chi connectivity index (χ0n) is 22.6. The highest BCUT2D eigenvalue weighted by Gasteiger charge is 2.38. The van der Waals surface area contributed by atoms with Crippen molar-refractivity contribution in [3.05, 3.63) is 40.4 Å². The van der Waals surface area contributed by atoms with Gasteiger partial charge >= 0.3 is 6.18 Å². The molecule has 0 spiro atoms. The van der Waals surface area contributed by atoms with E-state index in [2.05, 4.69) is 14.6 Å². The number of benzene rings is 1. The Morgan fingerprint density at radius 2 is 1.79 bits per heavy atom. The molecule has 1 aliphatic rings. The number of nitrogens with one attached hydrogen (secondary N) is 1. The van der Waals surface area contributed by atoms with Gasteiger partial charge in [-0.2, -0.15) is 13.2 Å². The van der Waals surface area contributed by atoms with Crippen molar-refractivity contribution >= 4 is 26.5 Å². The Balaban J connectivity index is 0.00000247. The van der Waals surface area contributed by atoms with Gasteiger partial charge in [-0.25, -0.2) is 13.4 Å². The molecule has 0 unspecified atom stereocenters. The first-order chi connectivity index (χ1) is 18.0. The second kappa shape index (κ2) is 14.6. The molecule has 2 aromatic rings. The molecule has 1 fully saturated rings. The molecule has 2 heterocycles. The van der Waals surface area contributed by atoms with Gasteiger partial charge in [0.15, 0.2) is 5.13 Å². The number of ether oxygens (including phenoxy) is 1. The summed E-state index contributed by atoms with van der Waals surface area (Å²) in [5.74, 6) is 0. The van der Waals surface area contributed by atoms with Gasteiger partial charge in [0, 0.05) is 24.9 Å². The number of thiazole rings is 1. The van der Waals surface area contributed by atoms with Crippen LogP contribution in [-0.2, 0) is 33.8 Å². The smallest absolute Gasteiger partial charge is 0.390 e. The predicted molar refractivity (Wildman–Crippen MR) is 145 cm³/mol. The zero-order chi connectivity index (χ0) is 28.4. The lowest BCUT2D eigenvalue weighted by Crippen LogP contribution is -2.36. The molecule has 216 valence electrons. The number of aromatic nitrogens is 1. The number of sulfonamides is 1. The highest BCUT2D eigenvalue weighted by molar-refractivity contribution is 7.93. The van der Waals surface area contributed by atoms with Crippen molar-refractivity contribution in [2.24, 2.45) is 0 Å². The van der Waals surface area contributed by atoms with Crippen LogP contribution in [0.25, 0.3) is 0 Å². The molecule has 1 saturated heterocycles. The Morgan fingerprint density at radius 3 is 2.39 bits per heavy atom. The minimum atomic E-state index is -4.83. The highest BCUT2D eigenvalue weighted by atomic mass is 32.2. The van der Waals surface area contributed by atoms with E-state index in [1.807, 2.05) is 27.7 Å². The number of hydrogen-bond donors (Lipinski definition) is 2. The number of alkyl halides is 3. The fourth-order valence-corrected chi connectivity index (χ4v) is 6.29. The summed E-state index contributed by atoms with van der Waals surface area (Å²) in [5.41, 5.74) is -1.24. The van der Waals surface area contributed by atoms with Crippen molar-refractivity contribution < 1.29 is 31.4 Å². The van der Waals surface area contributed by atoms with E-state index in [0.717, 1.165) is 49.5 Å². The summed E-state index contributed by atoms with van der Waals surface area (Å²) in [6, 6.07) is 3.39. The number of unbranched alkanes of at least 4 members (excludes halogenated alkanes) is 1. The summed E-state index contributed by atoms with van der Waals surface area (Å²) in [4.78, 5) is 5.61. The first-order valence-electron chi connectivity index (χ1n) is 13.2. The number of anilines is 1. The Kier molecular flexibility index (Phi) is 12.5. The van der Waals surface area contributed by atoms with Crippen LogP contribution in [0.1, 0.15) is 70.2 Å². The highest BCUT2D eigenvalue weighted by Crippen LogP contribution is 2.36. The van der Waals surface area contributed by atoms with Gasteiger partial charge in [-0.05, 0) is 56.3 Å². The van der Waals surface area contributed by atoms with Crippen molar-refractivity contribution in [1.29, 1.82) is 0 Å². The van der Waals surface area contributed by atoms with Crippen LogP contribution in [-0.4, -0.2) is 61.9 Å². The Labute approximate surface area is 228 Å². The lowest BCUT2D eigenvalue weighted by molar-refractivity contribution is -0.139. The third-order valence-corrected chi connectivity index (χ3v) is 8.87. The molecule has 1 aliphatic heterocycles. The summed E-state index contributed by atoms with van der Waals surface area (Å²) in [6.07, 6.45) is -1.65. The molecule has 0 amide bonds. The van der Waals surface area contributed by atoms with Crippen molar-refractivity contribution in [2.45, 2.75) is 82.9 Å². The van der Waals surface area contributed by atoms with Gasteiger partial charge in [-0.1, -0.05) is 33.8 Å². The van der Waals surface area contributed by atoms with E-state index in [0.29, 0.717) is 50.2 Å². The van der Waals surface area contributed by atoms with E-state index in [1.165, 1.54) is 6.07 Å². The summed E-state index contributed by atoms with van der Waals surface area (Å²) >= 11 is 0.969. The lowest BCUT2D eigenvalue weighted by Gasteiger charge is -2.26. The number of halogens is 3. The van der Waals surface area contributed by atoms with Crippen molar-refractivity contribution in [3.63, 3.8) is 0 Å². The maximum absolute atomic E-state index is 13.8. The average Bonchev–Trinajstić information content (AvgIpc) is 3.33. The second-order valence-corrected chi connectivity index (χ2v) is 11.6. The quantitative estimate of drug-likeness (QED) is 0.312. The maximum Gasteiger partial charge on any atom is 0.417 e. The SMILES string of the molecule is CC.CCC(O)(CC)Cc1csc(NS(=O)(=O)c2ccc(CCCCN3CCOCC3)cc2C(F)(F)F)n1. The molecule has 0 bridgehead atoms. The second-order valence-electron chi connectivity index (χ2n) is 9.10. The van der Waals surface area contributed by atoms with Crippen molar-refractivity contribution in [1.82, 2.24) is 9.88 Å². The molecular formula is C26H40F3N3O4S2. The molecule has 7 nitrogen and oxygen atoms in total. The minimum absolute atomic E-state index is 0.0418. The Morgan fingerprint density at radius 1 is 1.13 bits per heavy atom. The molecule has 0 atom stereocenters. The van der Waals surface area contributed by atoms with Gasteiger partial charge in [0.2, 0.25) is 0 Å². The van der Waals surface area contributed by atoms with Crippen LogP contribution in [0.3, 0.4) is 0 Å². The van der Waals surface area contributed by atoms with Gasteiger partial charge in [0.25, 0.3) is 10.0 Å². The third-order valence-electron chi connectivity index (χ3n) is 6.53. The predicted octanol–water partition coefficient (Wildman–Crippen LogP) is 5.74. The molecule has 38 heavy (non-hydrogen) atoms. The topological polar surface area (TPSA) is 91.8 Å². The van der Waals surface area contributed by atoms with Crippen LogP contribution in [0.2, 0.25) is 0 Å². The third kappa shape index (κ3) is 9.48. The van der Waals surface area contributed by atoms with E-state index < -0.39 is 32.3 Å². The van der Waals surface area contributed by atoms with Gasteiger partial charge in [-0.3, -0.25) is 9.62 Å². The molecule has 12 heteroatoms. The zero-order valence-corrected chi connectivity index (χ0v) is 24.2. The van der Waals surface area contributed by atoms with Gasteiger partial charge in [-0.15, -0.1) is 11.3 Å². The number of aliphatic hydroxyl groups is 1. The van der Waals surface area contributed by atoms with Crippen LogP contribution in [0.4, 0.5) is 18.3 Å². The van der Waals surface area contributed by atoms with E-state index in [-0.39, 0.29) is 11.6 Å². The van der Waals surface area contributed by atoms with E-state index >= 15 is 0 Å². The average molecular weight is 580 g/mol. The minimum Gasteiger partial charge on any atom is -0.390 e. The van der Waals surface area contributed by atoms with Crippen LogP contribution in [0.15, 0.2) is 28.5 Å². The fraction of sp³-hybridized carbons (Fsp3) is 0.654. The Bertz CT molecular complexity index is 1100. The molecule has 1 aromatic heterocycles. The molecule has 0 saturated carbocycles. The monoisotopic (exact) mass is 579 g/mol. The molecule has 2 N–H and O–H groups in total. The molecule has 1 aromatic carbocycles.